The number of amides is 2. The van der Waals surface area contributed by atoms with E-state index in [1.807, 2.05) is 6.92 Å². The lowest BCUT2D eigenvalue weighted by Gasteiger charge is -2.33. The van der Waals surface area contributed by atoms with Gasteiger partial charge in [-0.05, 0) is 54.8 Å². The molecule has 0 aliphatic heterocycles. The highest BCUT2D eigenvalue weighted by molar-refractivity contribution is 5.84. The lowest BCUT2D eigenvalue weighted by Crippen LogP contribution is -2.48. The average Bonchev–Trinajstić information content (AvgIpc) is 3.46. The Hall–Kier alpha value is -3.56. The number of hydrogen-bond acceptors (Lipinski definition) is 6. The second-order valence-electron chi connectivity index (χ2n) is 8.27. The van der Waals surface area contributed by atoms with Gasteiger partial charge in [-0.3, -0.25) is 9.59 Å². The Morgan fingerprint density at radius 2 is 1.91 bits per heavy atom. The zero-order valence-electron chi connectivity index (χ0n) is 18.5. The molecule has 0 atom stereocenters. The fourth-order valence-electron chi connectivity index (χ4n) is 4.00. The third-order valence-corrected chi connectivity index (χ3v) is 5.74. The molecule has 9 nitrogen and oxygen atoms in total. The molecule has 33 heavy (non-hydrogen) atoms. The summed E-state index contributed by atoms with van der Waals surface area (Å²) in [6.07, 6.45) is 4.90. The molecule has 1 N–H and O–H groups in total. The van der Waals surface area contributed by atoms with Gasteiger partial charge in [-0.2, -0.15) is 4.80 Å². The fourth-order valence-corrected chi connectivity index (χ4v) is 4.00. The SMILES string of the molecule is Cc1ccc(-c2nnn(CC(=O)N(CC(=O)NCc3ccc(F)cc3)C3CCCCC3)n2)o1. The summed E-state index contributed by atoms with van der Waals surface area (Å²) in [5, 5.41) is 15.0. The Labute approximate surface area is 190 Å². The van der Waals surface area contributed by atoms with E-state index in [0.717, 1.165) is 43.4 Å². The Morgan fingerprint density at radius 3 is 2.61 bits per heavy atom. The van der Waals surface area contributed by atoms with Crippen LogP contribution in [0.1, 0.15) is 43.4 Å². The normalized spacial score (nSPS) is 14.2. The van der Waals surface area contributed by atoms with E-state index >= 15 is 0 Å². The molecule has 1 aliphatic carbocycles. The maximum atomic E-state index is 13.2. The second kappa shape index (κ2) is 10.4. The number of carbonyl (C=O) groups is 2. The predicted molar refractivity (Wildman–Crippen MR) is 117 cm³/mol. The molecule has 1 saturated carbocycles. The number of rotatable bonds is 8. The predicted octanol–water partition coefficient (Wildman–Crippen LogP) is 2.86. The monoisotopic (exact) mass is 454 g/mol. The number of furan rings is 1. The van der Waals surface area contributed by atoms with Crippen LogP contribution in [-0.2, 0) is 22.7 Å². The minimum atomic E-state index is -0.328. The van der Waals surface area contributed by atoms with Gasteiger partial charge >= 0.3 is 0 Å². The van der Waals surface area contributed by atoms with Crippen molar-refractivity contribution in [1.29, 1.82) is 0 Å². The molecule has 3 aromatic rings. The second-order valence-corrected chi connectivity index (χ2v) is 8.27. The van der Waals surface area contributed by atoms with Crippen LogP contribution in [0.5, 0.6) is 0 Å². The molecule has 1 aromatic carbocycles. The van der Waals surface area contributed by atoms with Crippen LogP contribution in [0, 0.1) is 12.7 Å². The summed E-state index contributed by atoms with van der Waals surface area (Å²) in [4.78, 5) is 28.7. The molecule has 1 fully saturated rings. The maximum absolute atomic E-state index is 13.2. The van der Waals surface area contributed by atoms with Crippen molar-refractivity contribution in [2.24, 2.45) is 0 Å². The first-order chi connectivity index (χ1) is 16.0. The summed E-state index contributed by atoms with van der Waals surface area (Å²) in [6, 6.07) is 9.49. The van der Waals surface area contributed by atoms with E-state index in [4.69, 9.17) is 4.42 Å². The number of nitrogens with zero attached hydrogens (tertiary/aromatic N) is 5. The van der Waals surface area contributed by atoms with Crippen LogP contribution in [0.3, 0.4) is 0 Å². The van der Waals surface area contributed by atoms with E-state index in [9.17, 15) is 14.0 Å². The van der Waals surface area contributed by atoms with Gasteiger partial charge in [0, 0.05) is 12.6 Å². The molecule has 4 rings (SSSR count). The van der Waals surface area contributed by atoms with Crippen LogP contribution in [0.4, 0.5) is 4.39 Å². The van der Waals surface area contributed by atoms with Crippen LogP contribution in [0.25, 0.3) is 11.6 Å². The summed E-state index contributed by atoms with van der Waals surface area (Å²) < 4.78 is 18.6. The van der Waals surface area contributed by atoms with E-state index in [-0.39, 0.29) is 43.3 Å². The van der Waals surface area contributed by atoms with Crippen molar-refractivity contribution in [1.82, 2.24) is 30.4 Å². The van der Waals surface area contributed by atoms with Crippen molar-refractivity contribution in [3.63, 3.8) is 0 Å². The standard InChI is InChI=1S/C23H27FN6O3/c1-16-7-12-20(33-16)23-26-28-30(27-23)15-22(32)29(19-5-3-2-4-6-19)14-21(31)25-13-17-8-10-18(24)11-9-17/h7-12,19H,2-6,13-15H2,1H3,(H,25,31). The van der Waals surface area contributed by atoms with Gasteiger partial charge in [-0.15, -0.1) is 10.2 Å². The number of benzene rings is 1. The molecule has 0 unspecified atom stereocenters. The summed E-state index contributed by atoms with van der Waals surface area (Å²) in [5.74, 6) is 0.682. The number of nitrogens with one attached hydrogen (secondary N) is 1. The lowest BCUT2D eigenvalue weighted by molar-refractivity contribution is -0.140. The minimum absolute atomic E-state index is 0.00136. The molecule has 10 heteroatoms. The van der Waals surface area contributed by atoms with Crippen LogP contribution in [-0.4, -0.2) is 49.5 Å². The number of carbonyl (C=O) groups excluding carboxylic acids is 2. The van der Waals surface area contributed by atoms with E-state index in [1.54, 1.807) is 29.2 Å². The van der Waals surface area contributed by atoms with Crippen molar-refractivity contribution in [2.45, 2.75) is 58.2 Å². The van der Waals surface area contributed by atoms with Gasteiger partial charge in [-0.1, -0.05) is 31.4 Å². The molecule has 1 aliphatic rings. The van der Waals surface area contributed by atoms with E-state index < -0.39 is 0 Å². The largest absolute Gasteiger partial charge is 0.458 e. The van der Waals surface area contributed by atoms with Gasteiger partial charge < -0.3 is 14.6 Å². The minimum Gasteiger partial charge on any atom is -0.458 e. The first-order valence-corrected chi connectivity index (χ1v) is 11.1. The van der Waals surface area contributed by atoms with E-state index in [1.165, 1.54) is 16.9 Å². The number of aromatic nitrogens is 4. The first-order valence-electron chi connectivity index (χ1n) is 11.1. The topological polar surface area (TPSA) is 106 Å². The summed E-state index contributed by atoms with van der Waals surface area (Å²) in [5.41, 5.74) is 0.785. The van der Waals surface area contributed by atoms with Crippen LogP contribution in [0.2, 0.25) is 0 Å². The number of halogens is 1. The Morgan fingerprint density at radius 1 is 1.15 bits per heavy atom. The highest BCUT2D eigenvalue weighted by Crippen LogP contribution is 2.23. The smallest absolute Gasteiger partial charge is 0.246 e. The lowest BCUT2D eigenvalue weighted by atomic mass is 9.94. The maximum Gasteiger partial charge on any atom is 0.246 e. The third kappa shape index (κ3) is 6.03. The number of aryl methyl sites for hydroxylation is 1. The molecule has 0 radical (unpaired) electrons. The Balaban J connectivity index is 1.40. The summed E-state index contributed by atoms with van der Waals surface area (Å²) >= 11 is 0. The molecule has 0 bridgehead atoms. The Bertz CT molecular complexity index is 1090. The van der Waals surface area contributed by atoms with Gasteiger partial charge in [0.05, 0.1) is 6.54 Å². The van der Waals surface area contributed by atoms with Crippen molar-refractivity contribution in [3.05, 3.63) is 53.5 Å². The summed E-state index contributed by atoms with van der Waals surface area (Å²) in [6.45, 7) is 1.92. The molecule has 2 aromatic heterocycles. The summed E-state index contributed by atoms with van der Waals surface area (Å²) in [7, 11) is 0. The molecule has 174 valence electrons. The van der Waals surface area contributed by atoms with Gasteiger partial charge in [0.2, 0.25) is 17.6 Å². The number of hydrogen-bond donors (Lipinski definition) is 1. The Kier molecular flexibility index (Phi) is 7.11. The molecular formula is C23H27FN6O3. The van der Waals surface area contributed by atoms with Crippen LogP contribution < -0.4 is 5.32 Å². The molecule has 0 spiro atoms. The number of tetrazole rings is 1. The average molecular weight is 455 g/mol. The quantitative estimate of drug-likeness (QED) is 0.561. The zero-order chi connectivity index (χ0) is 23.2. The molecule has 2 heterocycles. The van der Waals surface area contributed by atoms with Gasteiger partial charge in [-0.25, -0.2) is 4.39 Å². The first kappa shape index (κ1) is 22.6. The van der Waals surface area contributed by atoms with Gasteiger partial charge in [0.25, 0.3) is 0 Å². The van der Waals surface area contributed by atoms with E-state index in [0.29, 0.717) is 11.6 Å². The molecule has 2 amide bonds. The highest BCUT2D eigenvalue weighted by atomic mass is 19.1. The highest BCUT2D eigenvalue weighted by Gasteiger charge is 2.28. The fraction of sp³-hybridized carbons (Fsp3) is 0.435. The van der Waals surface area contributed by atoms with Crippen LogP contribution >= 0.6 is 0 Å². The van der Waals surface area contributed by atoms with Crippen molar-refractivity contribution in [3.8, 4) is 11.6 Å². The third-order valence-electron chi connectivity index (χ3n) is 5.74. The van der Waals surface area contributed by atoms with Crippen LogP contribution in [0.15, 0.2) is 40.8 Å². The molecule has 0 saturated heterocycles. The zero-order valence-corrected chi connectivity index (χ0v) is 18.5. The van der Waals surface area contributed by atoms with Crippen molar-refractivity contribution < 1.29 is 18.4 Å². The van der Waals surface area contributed by atoms with E-state index in [2.05, 4.69) is 20.7 Å². The van der Waals surface area contributed by atoms with Gasteiger partial charge in [0.1, 0.15) is 18.1 Å². The van der Waals surface area contributed by atoms with Crippen molar-refractivity contribution in [2.75, 3.05) is 6.54 Å². The van der Waals surface area contributed by atoms with Crippen molar-refractivity contribution >= 4 is 11.8 Å². The van der Waals surface area contributed by atoms with Gasteiger partial charge in [0.15, 0.2) is 5.76 Å². The molecular weight excluding hydrogens is 427 g/mol.